The van der Waals surface area contributed by atoms with Crippen molar-refractivity contribution in [3.05, 3.63) is 35.6 Å². The Morgan fingerprint density at radius 3 is 2.86 bits per heavy atom. The number of benzene rings is 1. The summed E-state index contributed by atoms with van der Waals surface area (Å²) in [6.07, 6.45) is 1.05. The minimum atomic E-state index is -1.04. The van der Waals surface area contributed by atoms with Crippen molar-refractivity contribution in [2.75, 3.05) is 19.6 Å². The van der Waals surface area contributed by atoms with Gasteiger partial charge in [-0.1, -0.05) is 32.0 Å². The van der Waals surface area contributed by atoms with Crippen LogP contribution in [-0.4, -0.2) is 30.6 Å². The number of hydrogen-bond donors (Lipinski definition) is 3. The number of hydrogen-bond acceptors (Lipinski definition) is 3. The quantitative estimate of drug-likeness (QED) is 0.780. The van der Waals surface area contributed by atoms with Gasteiger partial charge in [0.1, 0.15) is 5.82 Å². The fraction of sp³-hybridized carbons (Fsp3) is 0.588. The largest absolute Gasteiger partial charge is 0.386 e. The summed E-state index contributed by atoms with van der Waals surface area (Å²) in [4.78, 5) is 12.4. The molecule has 0 radical (unpaired) electrons. The van der Waals surface area contributed by atoms with Gasteiger partial charge in [-0.3, -0.25) is 4.79 Å². The molecular formula is C17H25FN2O2. The third-order valence-electron chi connectivity index (χ3n) is 4.62. The number of aliphatic hydroxyl groups excluding tert-OH is 1. The van der Waals surface area contributed by atoms with E-state index in [1.165, 1.54) is 12.1 Å². The molecule has 0 saturated carbocycles. The molecule has 1 aromatic rings. The number of piperidine rings is 1. The summed E-state index contributed by atoms with van der Waals surface area (Å²) in [5.41, 5.74) is -0.303. The molecule has 1 aromatic carbocycles. The Morgan fingerprint density at radius 1 is 1.50 bits per heavy atom. The summed E-state index contributed by atoms with van der Waals surface area (Å²) >= 11 is 0. The van der Waals surface area contributed by atoms with Gasteiger partial charge in [-0.2, -0.15) is 0 Å². The van der Waals surface area contributed by atoms with E-state index in [-0.39, 0.29) is 23.9 Å². The maximum atomic E-state index is 13.6. The lowest BCUT2D eigenvalue weighted by molar-refractivity contribution is -0.133. The van der Waals surface area contributed by atoms with Gasteiger partial charge in [-0.05, 0) is 37.9 Å². The van der Waals surface area contributed by atoms with Gasteiger partial charge in [-0.15, -0.1) is 0 Å². The van der Waals surface area contributed by atoms with E-state index in [4.69, 9.17) is 0 Å². The van der Waals surface area contributed by atoms with E-state index in [1.807, 2.05) is 13.8 Å². The molecular weight excluding hydrogens is 283 g/mol. The molecule has 4 nitrogen and oxygen atoms in total. The summed E-state index contributed by atoms with van der Waals surface area (Å²) in [5, 5.41) is 16.1. The zero-order valence-corrected chi connectivity index (χ0v) is 13.2. The summed E-state index contributed by atoms with van der Waals surface area (Å²) < 4.78 is 13.6. The van der Waals surface area contributed by atoms with Crippen molar-refractivity contribution in [1.82, 2.24) is 10.6 Å². The Hall–Kier alpha value is -1.46. The van der Waals surface area contributed by atoms with Crippen LogP contribution in [-0.2, 0) is 4.79 Å². The van der Waals surface area contributed by atoms with Crippen LogP contribution < -0.4 is 10.6 Å². The number of amides is 1. The zero-order valence-electron chi connectivity index (χ0n) is 13.2. The van der Waals surface area contributed by atoms with Crippen LogP contribution in [0.3, 0.4) is 0 Å². The summed E-state index contributed by atoms with van der Waals surface area (Å²) in [6, 6.07) is 6.07. The first-order valence-corrected chi connectivity index (χ1v) is 7.84. The smallest absolute Gasteiger partial charge is 0.226 e. The van der Waals surface area contributed by atoms with Gasteiger partial charge in [0.15, 0.2) is 0 Å². The highest BCUT2D eigenvalue weighted by molar-refractivity contribution is 5.82. The Balaban J connectivity index is 1.92. The van der Waals surface area contributed by atoms with Crippen LogP contribution >= 0.6 is 0 Å². The Bertz CT molecular complexity index is 513. The van der Waals surface area contributed by atoms with Gasteiger partial charge in [0.25, 0.3) is 0 Å². The molecule has 0 unspecified atom stereocenters. The van der Waals surface area contributed by atoms with E-state index in [9.17, 15) is 14.3 Å². The second-order valence-electron chi connectivity index (χ2n) is 6.51. The summed E-state index contributed by atoms with van der Waals surface area (Å²) in [6.45, 7) is 5.70. The standard InChI is InChI=1S/C17H25FN2O2/c1-17(2,12-6-5-9-19-10-12)16(22)20-11-15(21)13-7-3-4-8-14(13)18/h3-4,7-8,12,15,19,21H,5-6,9-11H2,1-2H3,(H,20,22)/t12-,15-/m1/s1. The lowest BCUT2D eigenvalue weighted by atomic mass is 9.74. The lowest BCUT2D eigenvalue weighted by Crippen LogP contribution is -2.48. The van der Waals surface area contributed by atoms with Gasteiger partial charge in [0.05, 0.1) is 6.10 Å². The molecule has 0 aromatic heterocycles. The molecule has 1 heterocycles. The Labute approximate surface area is 131 Å². The van der Waals surface area contributed by atoms with Gasteiger partial charge >= 0.3 is 0 Å². The lowest BCUT2D eigenvalue weighted by Gasteiger charge is -2.36. The molecule has 1 aliphatic heterocycles. The van der Waals surface area contributed by atoms with Crippen molar-refractivity contribution in [1.29, 1.82) is 0 Å². The molecule has 1 saturated heterocycles. The normalized spacial score (nSPS) is 20.5. The highest BCUT2D eigenvalue weighted by Gasteiger charge is 2.37. The Morgan fingerprint density at radius 2 is 2.23 bits per heavy atom. The van der Waals surface area contributed by atoms with Crippen molar-refractivity contribution < 1.29 is 14.3 Å². The first-order valence-electron chi connectivity index (χ1n) is 7.84. The molecule has 1 amide bonds. The maximum Gasteiger partial charge on any atom is 0.226 e. The third kappa shape index (κ3) is 3.84. The number of rotatable bonds is 5. The molecule has 0 spiro atoms. The van der Waals surface area contributed by atoms with E-state index in [1.54, 1.807) is 12.1 Å². The van der Waals surface area contributed by atoms with E-state index < -0.39 is 17.3 Å². The van der Waals surface area contributed by atoms with Crippen LogP contribution in [0, 0.1) is 17.2 Å². The fourth-order valence-corrected chi connectivity index (χ4v) is 2.93. The predicted molar refractivity (Wildman–Crippen MR) is 83.7 cm³/mol. The molecule has 2 atom stereocenters. The van der Waals surface area contributed by atoms with Crippen LogP contribution in [0.4, 0.5) is 4.39 Å². The first kappa shape index (κ1) is 16.9. The Kier molecular flexibility index (Phi) is 5.53. The highest BCUT2D eigenvalue weighted by atomic mass is 19.1. The monoisotopic (exact) mass is 308 g/mol. The number of nitrogens with one attached hydrogen (secondary N) is 2. The van der Waals surface area contributed by atoms with Crippen LogP contribution in [0.25, 0.3) is 0 Å². The van der Waals surface area contributed by atoms with Gasteiger partial charge in [0, 0.05) is 17.5 Å². The first-order chi connectivity index (χ1) is 10.4. The second kappa shape index (κ2) is 7.20. The van der Waals surface area contributed by atoms with E-state index in [0.29, 0.717) is 0 Å². The predicted octanol–water partition coefficient (Wildman–Crippen LogP) is 2.00. The second-order valence-corrected chi connectivity index (χ2v) is 6.51. The van der Waals surface area contributed by atoms with Crippen molar-refractivity contribution in [3.63, 3.8) is 0 Å². The molecule has 22 heavy (non-hydrogen) atoms. The number of halogens is 1. The number of aliphatic hydroxyl groups is 1. The van der Waals surface area contributed by atoms with Crippen molar-refractivity contribution in [3.8, 4) is 0 Å². The highest BCUT2D eigenvalue weighted by Crippen LogP contribution is 2.32. The van der Waals surface area contributed by atoms with Gasteiger partial charge in [0.2, 0.25) is 5.91 Å². The molecule has 0 aliphatic carbocycles. The van der Waals surface area contributed by atoms with Crippen LogP contribution in [0.2, 0.25) is 0 Å². The average molecular weight is 308 g/mol. The minimum absolute atomic E-state index is 0.0172. The van der Waals surface area contributed by atoms with Crippen LogP contribution in [0.1, 0.15) is 38.4 Å². The maximum absolute atomic E-state index is 13.6. The molecule has 1 fully saturated rings. The number of carbonyl (C=O) groups is 1. The van der Waals surface area contributed by atoms with Crippen molar-refractivity contribution >= 4 is 5.91 Å². The molecule has 1 aliphatic rings. The van der Waals surface area contributed by atoms with Crippen molar-refractivity contribution in [2.24, 2.45) is 11.3 Å². The molecule has 3 N–H and O–H groups in total. The van der Waals surface area contributed by atoms with E-state index in [0.717, 1.165) is 25.9 Å². The van der Waals surface area contributed by atoms with E-state index in [2.05, 4.69) is 10.6 Å². The minimum Gasteiger partial charge on any atom is -0.386 e. The van der Waals surface area contributed by atoms with Crippen LogP contribution in [0.15, 0.2) is 24.3 Å². The van der Waals surface area contributed by atoms with Crippen molar-refractivity contribution in [2.45, 2.75) is 32.8 Å². The fourth-order valence-electron chi connectivity index (χ4n) is 2.93. The molecule has 0 bridgehead atoms. The molecule has 2 rings (SSSR count). The SMILES string of the molecule is CC(C)(C(=O)NC[C@@H](O)c1ccccc1F)[C@@H]1CCCNC1. The topological polar surface area (TPSA) is 61.4 Å². The van der Waals surface area contributed by atoms with Gasteiger partial charge < -0.3 is 15.7 Å². The van der Waals surface area contributed by atoms with Crippen LogP contribution in [0.5, 0.6) is 0 Å². The van der Waals surface area contributed by atoms with Gasteiger partial charge in [-0.25, -0.2) is 4.39 Å². The zero-order chi connectivity index (χ0) is 16.2. The third-order valence-corrected chi connectivity index (χ3v) is 4.62. The molecule has 5 heteroatoms. The molecule has 122 valence electrons. The summed E-state index contributed by atoms with van der Waals surface area (Å²) in [7, 11) is 0. The summed E-state index contributed by atoms with van der Waals surface area (Å²) in [5.74, 6) is -0.288. The number of carbonyl (C=O) groups excluding carboxylic acids is 1. The average Bonchev–Trinajstić information content (AvgIpc) is 2.53. The van der Waals surface area contributed by atoms with E-state index >= 15 is 0 Å².